The molecule has 1 atom stereocenters. The topological polar surface area (TPSA) is 38.3 Å². The standard InChI is InChI=1S/C15H22FNO2/c1-10(2)5-6-11(3)17-14-9-12(16)7-8-13(14)15(18)19-4/h7-11,17H,5-6H2,1-4H3. The van der Waals surface area contributed by atoms with E-state index in [1.54, 1.807) is 0 Å². The largest absolute Gasteiger partial charge is 0.465 e. The summed E-state index contributed by atoms with van der Waals surface area (Å²) in [5.74, 6) is -0.207. The maximum Gasteiger partial charge on any atom is 0.339 e. The average molecular weight is 267 g/mol. The third kappa shape index (κ3) is 4.89. The highest BCUT2D eigenvalue weighted by molar-refractivity contribution is 5.95. The van der Waals surface area contributed by atoms with Crippen LogP contribution in [0.15, 0.2) is 18.2 Å². The van der Waals surface area contributed by atoms with Crippen LogP contribution in [0.4, 0.5) is 10.1 Å². The molecule has 1 rings (SSSR count). The van der Waals surface area contributed by atoms with Crippen LogP contribution in [0.25, 0.3) is 0 Å². The fraction of sp³-hybridized carbons (Fsp3) is 0.533. The number of ether oxygens (including phenoxy) is 1. The van der Waals surface area contributed by atoms with Crippen molar-refractivity contribution in [1.29, 1.82) is 0 Å². The van der Waals surface area contributed by atoms with Crippen molar-refractivity contribution in [2.24, 2.45) is 5.92 Å². The van der Waals surface area contributed by atoms with E-state index >= 15 is 0 Å². The fourth-order valence-corrected chi connectivity index (χ4v) is 1.84. The minimum atomic E-state index is -0.460. The Morgan fingerprint density at radius 1 is 1.32 bits per heavy atom. The van der Waals surface area contributed by atoms with Crippen molar-refractivity contribution >= 4 is 11.7 Å². The summed E-state index contributed by atoms with van der Waals surface area (Å²) in [6.45, 7) is 6.35. The number of methoxy groups -OCH3 is 1. The van der Waals surface area contributed by atoms with E-state index in [4.69, 9.17) is 4.74 Å². The molecular formula is C15H22FNO2. The number of anilines is 1. The maximum absolute atomic E-state index is 13.3. The second-order valence-corrected chi connectivity index (χ2v) is 5.20. The fourth-order valence-electron chi connectivity index (χ4n) is 1.84. The summed E-state index contributed by atoms with van der Waals surface area (Å²) in [5.41, 5.74) is 0.850. The van der Waals surface area contributed by atoms with Crippen LogP contribution >= 0.6 is 0 Å². The van der Waals surface area contributed by atoms with Gasteiger partial charge < -0.3 is 10.1 Å². The van der Waals surface area contributed by atoms with Crippen LogP contribution in [-0.4, -0.2) is 19.1 Å². The van der Waals surface area contributed by atoms with Crippen molar-refractivity contribution in [3.8, 4) is 0 Å². The first-order valence-corrected chi connectivity index (χ1v) is 6.58. The van der Waals surface area contributed by atoms with Gasteiger partial charge in [-0.2, -0.15) is 0 Å². The highest BCUT2D eigenvalue weighted by Crippen LogP contribution is 2.20. The minimum Gasteiger partial charge on any atom is -0.465 e. The van der Waals surface area contributed by atoms with Crippen LogP contribution in [0.3, 0.4) is 0 Å². The molecule has 0 saturated heterocycles. The molecule has 0 aliphatic carbocycles. The maximum atomic E-state index is 13.3. The summed E-state index contributed by atoms with van der Waals surface area (Å²) in [5, 5.41) is 3.18. The Bertz CT molecular complexity index is 432. The van der Waals surface area contributed by atoms with Crippen LogP contribution in [0.5, 0.6) is 0 Å². The molecule has 1 aromatic rings. The molecule has 0 bridgehead atoms. The number of hydrogen-bond acceptors (Lipinski definition) is 3. The molecule has 0 heterocycles. The molecule has 19 heavy (non-hydrogen) atoms. The van der Waals surface area contributed by atoms with Crippen molar-refractivity contribution in [1.82, 2.24) is 0 Å². The molecular weight excluding hydrogens is 245 g/mol. The number of hydrogen-bond donors (Lipinski definition) is 1. The normalized spacial score (nSPS) is 12.3. The van der Waals surface area contributed by atoms with Crippen LogP contribution < -0.4 is 5.32 Å². The van der Waals surface area contributed by atoms with Crippen LogP contribution in [-0.2, 0) is 4.74 Å². The first kappa shape index (κ1) is 15.5. The summed E-state index contributed by atoms with van der Waals surface area (Å²) < 4.78 is 18.0. The number of esters is 1. The third-order valence-corrected chi connectivity index (χ3v) is 2.97. The molecule has 4 heteroatoms. The lowest BCUT2D eigenvalue weighted by Gasteiger charge is -2.18. The molecule has 106 valence electrons. The number of nitrogens with one attached hydrogen (secondary N) is 1. The highest BCUT2D eigenvalue weighted by Gasteiger charge is 2.14. The lowest BCUT2D eigenvalue weighted by Crippen LogP contribution is -2.18. The minimum absolute atomic E-state index is 0.174. The first-order valence-electron chi connectivity index (χ1n) is 6.58. The van der Waals surface area contributed by atoms with Gasteiger partial charge in [0, 0.05) is 6.04 Å². The Balaban J connectivity index is 2.80. The van der Waals surface area contributed by atoms with E-state index in [1.165, 1.54) is 25.3 Å². The molecule has 0 aromatic heterocycles. The average Bonchev–Trinajstić information content (AvgIpc) is 2.35. The van der Waals surface area contributed by atoms with E-state index in [-0.39, 0.29) is 11.9 Å². The quantitative estimate of drug-likeness (QED) is 0.796. The van der Waals surface area contributed by atoms with Crippen LogP contribution in [0, 0.1) is 11.7 Å². The zero-order valence-corrected chi connectivity index (χ0v) is 12.0. The Labute approximate surface area is 114 Å². The molecule has 0 saturated carbocycles. The monoisotopic (exact) mass is 267 g/mol. The van der Waals surface area contributed by atoms with Gasteiger partial charge in [0.25, 0.3) is 0 Å². The predicted octanol–water partition coefficient (Wildman–Crippen LogP) is 3.85. The molecule has 0 aliphatic heterocycles. The number of carbonyl (C=O) groups is 1. The highest BCUT2D eigenvalue weighted by atomic mass is 19.1. The van der Waals surface area contributed by atoms with E-state index in [1.807, 2.05) is 6.92 Å². The smallest absolute Gasteiger partial charge is 0.339 e. The van der Waals surface area contributed by atoms with Crippen molar-refractivity contribution in [2.75, 3.05) is 12.4 Å². The van der Waals surface area contributed by atoms with Gasteiger partial charge in [-0.1, -0.05) is 13.8 Å². The molecule has 1 aromatic carbocycles. The number of rotatable bonds is 6. The van der Waals surface area contributed by atoms with Crippen molar-refractivity contribution in [3.05, 3.63) is 29.6 Å². The van der Waals surface area contributed by atoms with Crippen LogP contribution in [0.2, 0.25) is 0 Å². The van der Waals surface area contributed by atoms with Crippen molar-refractivity contribution < 1.29 is 13.9 Å². The van der Waals surface area contributed by atoms with E-state index in [9.17, 15) is 9.18 Å². The number of carbonyl (C=O) groups excluding carboxylic acids is 1. The molecule has 3 nitrogen and oxygen atoms in total. The van der Waals surface area contributed by atoms with E-state index in [0.29, 0.717) is 17.2 Å². The molecule has 0 fully saturated rings. The van der Waals surface area contributed by atoms with Gasteiger partial charge >= 0.3 is 5.97 Å². The van der Waals surface area contributed by atoms with Gasteiger partial charge in [0.2, 0.25) is 0 Å². The second-order valence-electron chi connectivity index (χ2n) is 5.20. The molecule has 0 aliphatic rings. The summed E-state index contributed by atoms with van der Waals surface area (Å²) >= 11 is 0. The Hall–Kier alpha value is -1.58. The van der Waals surface area contributed by atoms with Crippen molar-refractivity contribution in [3.63, 3.8) is 0 Å². The van der Waals surface area contributed by atoms with E-state index in [0.717, 1.165) is 12.8 Å². The Kier molecular flexibility index (Phi) is 5.80. The lowest BCUT2D eigenvalue weighted by atomic mass is 10.0. The Morgan fingerprint density at radius 2 is 2.00 bits per heavy atom. The van der Waals surface area contributed by atoms with Crippen molar-refractivity contribution in [2.45, 2.75) is 39.7 Å². The molecule has 0 spiro atoms. The summed E-state index contributed by atoms with van der Waals surface area (Å²) in [6.07, 6.45) is 2.05. The Morgan fingerprint density at radius 3 is 2.58 bits per heavy atom. The van der Waals surface area contributed by atoms with Gasteiger partial charge in [-0.25, -0.2) is 9.18 Å². The van der Waals surface area contributed by atoms with Gasteiger partial charge in [0.05, 0.1) is 18.4 Å². The van der Waals surface area contributed by atoms with Gasteiger partial charge in [-0.3, -0.25) is 0 Å². The van der Waals surface area contributed by atoms with Gasteiger partial charge in [-0.15, -0.1) is 0 Å². The molecule has 1 N–H and O–H groups in total. The third-order valence-electron chi connectivity index (χ3n) is 2.97. The second kappa shape index (κ2) is 7.12. The summed E-state index contributed by atoms with van der Waals surface area (Å²) in [7, 11) is 1.32. The van der Waals surface area contributed by atoms with Gasteiger partial charge in [0.15, 0.2) is 0 Å². The zero-order chi connectivity index (χ0) is 14.4. The number of halogens is 1. The summed E-state index contributed by atoms with van der Waals surface area (Å²) in [6, 6.07) is 4.21. The molecule has 1 unspecified atom stereocenters. The van der Waals surface area contributed by atoms with Crippen LogP contribution in [0.1, 0.15) is 44.0 Å². The predicted molar refractivity (Wildman–Crippen MR) is 74.9 cm³/mol. The SMILES string of the molecule is COC(=O)c1ccc(F)cc1NC(C)CCC(C)C. The molecule has 0 radical (unpaired) electrons. The summed E-state index contributed by atoms with van der Waals surface area (Å²) in [4.78, 5) is 11.6. The van der Waals surface area contributed by atoms with E-state index in [2.05, 4.69) is 19.2 Å². The lowest BCUT2D eigenvalue weighted by molar-refractivity contribution is 0.0601. The molecule has 0 amide bonds. The number of benzene rings is 1. The van der Waals surface area contributed by atoms with E-state index < -0.39 is 5.97 Å². The van der Waals surface area contributed by atoms with Gasteiger partial charge in [-0.05, 0) is 43.9 Å². The zero-order valence-electron chi connectivity index (χ0n) is 12.0. The first-order chi connectivity index (χ1) is 8.93. The van der Waals surface area contributed by atoms with Gasteiger partial charge in [0.1, 0.15) is 5.82 Å².